The standard InChI is InChI=1S/C24H30N2O3/c1-18(29-23-10-7-19-5-3-4-6-20(19)17-23)24(27)26-15-13-25(14-16-26)21-8-11-22(28-2)12-9-21/h7-12,17-18H,3-6,13-16H2,1-2H3/t18-/m0/s1. The first kappa shape index (κ1) is 19.6. The van der Waals surface area contributed by atoms with Crippen LogP contribution in [0.4, 0.5) is 5.69 Å². The first-order valence-electron chi connectivity index (χ1n) is 10.6. The molecule has 0 unspecified atom stereocenters. The van der Waals surface area contributed by atoms with Gasteiger partial charge >= 0.3 is 0 Å². The summed E-state index contributed by atoms with van der Waals surface area (Å²) in [6.07, 6.45) is 4.31. The van der Waals surface area contributed by atoms with Crippen LogP contribution in [0.25, 0.3) is 0 Å². The molecule has 0 bridgehead atoms. The molecule has 29 heavy (non-hydrogen) atoms. The molecule has 5 heteroatoms. The molecule has 154 valence electrons. The topological polar surface area (TPSA) is 42.0 Å². The number of hydrogen-bond acceptors (Lipinski definition) is 4. The summed E-state index contributed by atoms with van der Waals surface area (Å²) in [6, 6.07) is 14.4. The number of piperazine rings is 1. The van der Waals surface area contributed by atoms with E-state index in [4.69, 9.17) is 9.47 Å². The van der Waals surface area contributed by atoms with Crippen molar-refractivity contribution in [1.29, 1.82) is 0 Å². The second-order valence-electron chi connectivity index (χ2n) is 7.91. The molecule has 1 amide bonds. The average molecular weight is 395 g/mol. The molecule has 2 aromatic carbocycles. The number of aryl methyl sites for hydroxylation is 2. The number of methoxy groups -OCH3 is 1. The Morgan fingerprint density at radius 3 is 2.24 bits per heavy atom. The maximum atomic E-state index is 12.9. The third kappa shape index (κ3) is 4.50. The third-order valence-electron chi connectivity index (χ3n) is 6.01. The highest BCUT2D eigenvalue weighted by Crippen LogP contribution is 2.26. The molecule has 4 rings (SSSR count). The van der Waals surface area contributed by atoms with Gasteiger partial charge in [-0.15, -0.1) is 0 Å². The molecule has 0 spiro atoms. The van der Waals surface area contributed by atoms with E-state index < -0.39 is 6.10 Å². The zero-order chi connectivity index (χ0) is 20.2. The van der Waals surface area contributed by atoms with Crippen LogP contribution in [0.5, 0.6) is 11.5 Å². The molecule has 0 saturated carbocycles. The van der Waals surface area contributed by atoms with Gasteiger partial charge in [-0.1, -0.05) is 6.07 Å². The van der Waals surface area contributed by atoms with E-state index in [1.165, 1.54) is 24.0 Å². The predicted molar refractivity (Wildman–Crippen MR) is 115 cm³/mol. The fourth-order valence-corrected chi connectivity index (χ4v) is 4.27. The minimum atomic E-state index is -0.468. The van der Waals surface area contributed by atoms with Crippen molar-refractivity contribution in [2.24, 2.45) is 0 Å². The van der Waals surface area contributed by atoms with E-state index in [0.717, 1.165) is 43.1 Å². The number of carbonyl (C=O) groups is 1. The Morgan fingerprint density at radius 2 is 1.55 bits per heavy atom. The van der Waals surface area contributed by atoms with Crippen LogP contribution in [-0.4, -0.2) is 50.2 Å². The first-order valence-corrected chi connectivity index (χ1v) is 10.6. The molecule has 1 fully saturated rings. The van der Waals surface area contributed by atoms with Crippen molar-refractivity contribution in [3.8, 4) is 11.5 Å². The lowest BCUT2D eigenvalue weighted by Gasteiger charge is -2.37. The van der Waals surface area contributed by atoms with Crippen LogP contribution < -0.4 is 14.4 Å². The van der Waals surface area contributed by atoms with Gasteiger partial charge in [0.05, 0.1) is 7.11 Å². The lowest BCUT2D eigenvalue weighted by Crippen LogP contribution is -2.52. The molecular weight excluding hydrogens is 364 g/mol. The van der Waals surface area contributed by atoms with E-state index in [1.807, 2.05) is 30.0 Å². The Labute approximate surface area is 173 Å². The van der Waals surface area contributed by atoms with Crippen molar-refractivity contribution in [1.82, 2.24) is 4.90 Å². The van der Waals surface area contributed by atoms with Gasteiger partial charge in [-0.2, -0.15) is 0 Å². The smallest absolute Gasteiger partial charge is 0.263 e. The number of carbonyl (C=O) groups excluding carboxylic acids is 1. The minimum absolute atomic E-state index is 0.0668. The van der Waals surface area contributed by atoms with Gasteiger partial charge in [-0.3, -0.25) is 4.79 Å². The van der Waals surface area contributed by atoms with E-state index >= 15 is 0 Å². The summed E-state index contributed by atoms with van der Waals surface area (Å²) in [5.41, 5.74) is 3.97. The van der Waals surface area contributed by atoms with Crippen molar-refractivity contribution >= 4 is 11.6 Å². The molecule has 1 heterocycles. The van der Waals surface area contributed by atoms with Gasteiger partial charge in [-0.25, -0.2) is 0 Å². The average Bonchev–Trinajstić information content (AvgIpc) is 2.78. The summed E-state index contributed by atoms with van der Waals surface area (Å²) in [6.45, 7) is 4.93. The summed E-state index contributed by atoms with van der Waals surface area (Å²) in [5.74, 6) is 1.73. The van der Waals surface area contributed by atoms with E-state index in [-0.39, 0.29) is 5.91 Å². The summed E-state index contributed by atoms with van der Waals surface area (Å²) in [7, 11) is 1.67. The fourth-order valence-electron chi connectivity index (χ4n) is 4.27. The zero-order valence-electron chi connectivity index (χ0n) is 17.4. The maximum Gasteiger partial charge on any atom is 0.263 e. The Bertz CT molecular complexity index is 842. The second kappa shape index (κ2) is 8.76. The minimum Gasteiger partial charge on any atom is -0.497 e. The molecule has 1 atom stereocenters. The van der Waals surface area contributed by atoms with Gasteiger partial charge in [0.1, 0.15) is 11.5 Å². The number of rotatable bonds is 5. The van der Waals surface area contributed by atoms with E-state index in [0.29, 0.717) is 13.1 Å². The number of ether oxygens (including phenoxy) is 2. The van der Waals surface area contributed by atoms with E-state index in [1.54, 1.807) is 7.11 Å². The number of hydrogen-bond donors (Lipinski definition) is 0. The Hall–Kier alpha value is -2.69. The highest BCUT2D eigenvalue weighted by molar-refractivity contribution is 5.81. The molecular formula is C24H30N2O3. The molecule has 0 N–H and O–H groups in total. The molecule has 5 nitrogen and oxygen atoms in total. The fraction of sp³-hybridized carbons (Fsp3) is 0.458. The summed E-state index contributed by atoms with van der Waals surface area (Å²) in [4.78, 5) is 17.1. The normalized spacial score (nSPS) is 17.4. The van der Waals surface area contributed by atoms with Gasteiger partial charge in [0.15, 0.2) is 6.10 Å². The van der Waals surface area contributed by atoms with Crippen LogP contribution in [0.15, 0.2) is 42.5 Å². The van der Waals surface area contributed by atoms with Crippen LogP contribution in [-0.2, 0) is 17.6 Å². The number of fused-ring (bicyclic) bond motifs is 1. The van der Waals surface area contributed by atoms with Crippen molar-refractivity contribution in [2.45, 2.75) is 38.7 Å². The summed E-state index contributed by atoms with van der Waals surface area (Å²) >= 11 is 0. The Balaban J connectivity index is 1.31. The largest absolute Gasteiger partial charge is 0.497 e. The molecule has 1 aliphatic carbocycles. The van der Waals surface area contributed by atoms with Crippen LogP contribution in [0, 0.1) is 0 Å². The van der Waals surface area contributed by atoms with Crippen molar-refractivity contribution in [3.05, 3.63) is 53.6 Å². The van der Waals surface area contributed by atoms with Gasteiger partial charge < -0.3 is 19.3 Å². The van der Waals surface area contributed by atoms with Gasteiger partial charge in [0, 0.05) is 31.9 Å². The highest BCUT2D eigenvalue weighted by Gasteiger charge is 2.26. The highest BCUT2D eigenvalue weighted by atomic mass is 16.5. The first-order chi connectivity index (χ1) is 14.1. The predicted octanol–water partition coefficient (Wildman–Crippen LogP) is 3.69. The van der Waals surface area contributed by atoms with E-state index in [9.17, 15) is 4.79 Å². The summed E-state index contributed by atoms with van der Waals surface area (Å²) in [5, 5.41) is 0. The van der Waals surface area contributed by atoms with Crippen molar-refractivity contribution < 1.29 is 14.3 Å². The van der Waals surface area contributed by atoms with Crippen LogP contribution >= 0.6 is 0 Å². The monoisotopic (exact) mass is 394 g/mol. The molecule has 2 aliphatic rings. The van der Waals surface area contributed by atoms with Gasteiger partial charge in [0.2, 0.25) is 0 Å². The maximum absolute atomic E-state index is 12.9. The van der Waals surface area contributed by atoms with Crippen LogP contribution in [0.2, 0.25) is 0 Å². The molecule has 2 aromatic rings. The number of amides is 1. The second-order valence-corrected chi connectivity index (χ2v) is 7.91. The number of nitrogens with zero attached hydrogens (tertiary/aromatic N) is 2. The molecule has 1 saturated heterocycles. The third-order valence-corrected chi connectivity index (χ3v) is 6.01. The Kier molecular flexibility index (Phi) is 5.93. The lowest BCUT2D eigenvalue weighted by atomic mass is 9.92. The van der Waals surface area contributed by atoms with Crippen LogP contribution in [0.1, 0.15) is 30.9 Å². The van der Waals surface area contributed by atoms with Gasteiger partial charge in [0.25, 0.3) is 5.91 Å². The van der Waals surface area contributed by atoms with Crippen molar-refractivity contribution in [3.63, 3.8) is 0 Å². The lowest BCUT2D eigenvalue weighted by molar-refractivity contribution is -0.138. The Morgan fingerprint density at radius 1 is 0.897 bits per heavy atom. The number of benzene rings is 2. The van der Waals surface area contributed by atoms with Gasteiger partial charge in [-0.05, 0) is 80.1 Å². The zero-order valence-corrected chi connectivity index (χ0v) is 17.4. The molecule has 1 aliphatic heterocycles. The van der Waals surface area contributed by atoms with E-state index in [2.05, 4.69) is 29.2 Å². The SMILES string of the molecule is COc1ccc(N2CCN(C(=O)[C@H](C)Oc3ccc4c(c3)CCCC4)CC2)cc1. The summed E-state index contributed by atoms with van der Waals surface area (Å²) < 4.78 is 11.2. The van der Waals surface area contributed by atoms with Crippen LogP contribution in [0.3, 0.4) is 0 Å². The quantitative estimate of drug-likeness (QED) is 0.776. The number of anilines is 1. The molecule has 0 radical (unpaired) electrons. The van der Waals surface area contributed by atoms with Crippen molar-refractivity contribution in [2.75, 3.05) is 38.2 Å². The molecule has 0 aromatic heterocycles.